The number of aromatic amines is 1. The fourth-order valence-electron chi connectivity index (χ4n) is 3.42. The molecule has 1 aliphatic heterocycles. The van der Waals surface area contributed by atoms with E-state index in [0.29, 0.717) is 43.9 Å². The van der Waals surface area contributed by atoms with Gasteiger partial charge in [0.05, 0.1) is 19.1 Å². The summed E-state index contributed by atoms with van der Waals surface area (Å²) in [7, 11) is 1.59. The maximum absolute atomic E-state index is 13.1. The van der Waals surface area contributed by atoms with Crippen LogP contribution in [0.2, 0.25) is 0 Å². The standard InChI is InChI=1S/C21H27N3O3/c1-15-11-18(19(27-3)12-16(15)2)21(26)24-8-4-7-23(9-10-24)20(25)13-17-5-6-22-14-17/h5-6,11-12,14,22H,4,7-10,13H2,1-3H3. The minimum atomic E-state index is -0.0325. The van der Waals surface area contributed by atoms with Crippen molar-refractivity contribution in [1.29, 1.82) is 0 Å². The number of amides is 2. The molecule has 1 fully saturated rings. The minimum absolute atomic E-state index is 0.0325. The summed E-state index contributed by atoms with van der Waals surface area (Å²) in [5.41, 5.74) is 3.74. The van der Waals surface area contributed by atoms with Gasteiger partial charge in [-0.2, -0.15) is 0 Å². The van der Waals surface area contributed by atoms with E-state index in [9.17, 15) is 9.59 Å². The van der Waals surface area contributed by atoms with Crippen LogP contribution in [0.3, 0.4) is 0 Å². The lowest BCUT2D eigenvalue weighted by atomic mass is 10.0. The molecule has 6 nitrogen and oxygen atoms in total. The number of methoxy groups -OCH3 is 1. The molecule has 2 amide bonds. The molecule has 0 atom stereocenters. The zero-order valence-electron chi connectivity index (χ0n) is 16.2. The van der Waals surface area contributed by atoms with Crippen molar-refractivity contribution in [2.45, 2.75) is 26.7 Å². The van der Waals surface area contributed by atoms with E-state index in [1.165, 1.54) is 0 Å². The number of nitrogens with zero attached hydrogens (tertiary/aromatic N) is 2. The monoisotopic (exact) mass is 369 g/mol. The lowest BCUT2D eigenvalue weighted by molar-refractivity contribution is -0.130. The number of carbonyl (C=O) groups is 2. The van der Waals surface area contributed by atoms with Gasteiger partial charge in [0.15, 0.2) is 0 Å². The third-order valence-corrected chi connectivity index (χ3v) is 5.20. The molecule has 27 heavy (non-hydrogen) atoms. The molecule has 0 bridgehead atoms. The van der Waals surface area contributed by atoms with Gasteiger partial charge in [-0.15, -0.1) is 0 Å². The fraction of sp³-hybridized carbons (Fsp3) is 0.429. The van der Waals surface area contributed by atoms with Crippen molar-refractivity contribution in [3.8, 4) is 5.75 Å². The maximum Gasteiger partial charge on any atom is 0.257 e. The Morgan fingerprint density at radius 1 is 1.07 bits per heavy atom. The Balaban J connectivity index is 1.68. The van der Waals surface area contributed by atoms with Gasteiger partial charge in [0.25, 0.3) is 5.91 Å². The van der Waals surface area contributed by atoms with E-state index in [0.717, 1.165) is 23.1 Å². The van der Waals surface area contributed by atoms with Crippen LogP contribution in [0.4, 0.5) is 0 Å². The van der Waals surface area contributed by atoms with Crippen molar-refractivity contribution >= 4 is 11.8 Å². The first kappa shape index (κ1) is 19.0. The Morgan fingerprint density at radius 2 is 1.78 bits per heavy atom. The second-order valence-electron chi connectivity index (χ2n) is 7.06. The van der Waals surface area contributed by atoms with Crippen molar-refractivity contribution in [3.63, 3.8) is 0 Å². The highest BCUT2D eigenvalue weighted by Gasteiger charge is 2.25. The number of nitrogens with one attached hydrogen (secondary N) is 1. The second kappa shape index (κ2) is 8.29. The summed E-state index contributed by atoms with van der Waals surface area (Å²) >= 11 is 0. The third kappa shape index (κ3) is 4.32. The number of carbonyl (C=O) groups excluding carboxylic acids is 2. The van der Waals surface area contributed by atoms with Gasteiger partial charge < -0.3 is 19.5 Å². The van der Waals surface area contributed by atoms with E-state index in [1.807, 2.05) is 54.2 Å². The van der Waals surface area contributed by atoms with Crippen LogP contribution in [0.1, 0.15) is 33.5 Å². The Hall–Kier alpha value is -2.76. The molecule has 0 saturated carbocycles. The third-order valence-electron chi connectivity index (χ3n) is 5.20. The summed E-state index contributed by atoms with van der Waals surface area (Å²) in [5.74, 6) is 0.676. The first-order valence-corrected chi connectivity index (χ1v) is 9.33. The van der Waals surface area contributed by atoms with Gasteiger partial charge in [0.1, 0.15) is 5.75 Å². The number of benzene rings is 1. The number of H-pyrrole nitrogens is 1. The van der Waals surface area contributed by atoms with Crippen LogP contribution in [-0.2, 0) is 11.2 Å². The first-order valence-electron chi connectivity index (χ1n) is 9.33. The average molecular weight is 369 g/mol. The number of aromatic nitrogens is 1. The number of aryl methyl sites for hydroxylation is 2. The van der Waals surface area contributed by atoms with Crippen molar-refractivity contribution in [2.75, 3.05) is 33.3 Å². The molecule has 144 valence electrons. The Kier molecular flexibility index (Phi) is 5.84. The number of hydrogen-bond donors (Lipinski definition) is 1. The number of hydrogen-bond acceptors (Lipinski definition) is 3. The molecule has 3 rings (SSSR count). The zero-order chi connectivity index (χ0) is 19.4. The Labute approximate surface area is 160 Å². The number of rotatable bonds is 4. The summed E-state index contributed by atoms with van der Waals surface area (Å²) in [6, 6.07) is 5.72. The highest BCUT2D eigenvalue weighted by Crippen LogP contribution is 2.25. The largest absolute Gasteiger partial charge is 0.496 e. The molecule has 1 N–H and O–H groups in total. The van der Waals surface area contributed by atoms with Crippen LogP contribution in [-0.4, -0.2) is 59.9 Å². The highest BCUT2D eigenvalue weighted by atomic mass is 16.5. The molecule has 0 aliphatic carbocycles. The molecule has 1 aromatic carbocycles. The second-order valence-corrected chi connectivity index (χ2v) is 7.06. The molecule has 2 aromatic rings. The smallest absolute Gasteiger partial charge is 0.257 e. The molecular formula is C21H27N3O3. The van der Waals surface area contributed by atoms with Crippen molar-refractivity contribution < 1.29 is 14.3 Å². The van der Waals surface area contributed by atoms with E-state index in [4.69, 9.17) is 4.74 Å². The lowest BCUT2D eigenvalue weighted by Crippen LogP contribution is -2.38. The van der Waals surface area contributed by atoms with E-state index >= 15 is 0 Å². The summed E-state index contributed by atoms with van der Waals surface area (Å²) in [6.45, 7) is 6.41. The molecule has 1 saturated heterocycles. The van der Waals surface area contributed by atoms with Crippen molar-refractivity contribution in [2.24, 2.45) is 0 Å². The minimum Gasteiger partial charge on any atom is -0.496 e. The summed E-state index contributed by atoms with van der Waals surface area (Å²) in [6.07, 6.45) is 4.83. The molecule has 2 heterocycles. The van der Waals surface area contributed by atoms with Crippen LogP contribution in [0, 0.1) is 13.8 Å². The molecule has 1 aliphatic rings. The average Bonchev–Trinajstić information content (AvgIpc) is 3.04. The quantitative estimate of drug-likeness (QED) is 0.901. The topological polar surface area (TPSA) is 65.6 Å². The molecular weight excluding hydrogens is 342 g/mol. The highest BCUT2D eigenvalue weighted by molar-refractivity contribution is 5.97. The normalized spacial score (nSPS) is 14.8. The summed E-state index contributed by atoms with van der Waals surface area (Å²) in [5, 5.41) is 0. The van der Waals surface area contributed by atoms with Gasteiger partial charge in [-0.25, -0.2) is 0 Å². The Bertz CT molecular complexity index is 814. The van der Waals surface area contributed by atoms with E-state index in [-0.39, 0.29) is 11.8 Å². The maximum atomic E-state index is 13.1. The van der Waals surface area contributed by atoms with Crippen LogP contribution in [0.25, 0.3) is 0 Å². The van der Waals surface area contributed by atoms with Gasteiger partial charge in [-0.1, -0.05) is 0 Å². The van der Waals surface area contributed by atoms with Crippen LogP contribution < -0.4 is 4.74 Å². The van der Waals surface area contributed by atoms with E-state index in [1.54, 1.807) is 7.11 Å². The van der Waals surface area contributed by atoms with E-state index < -0.39 is 0 Å². The van der Waals surface area contributed by atoms with Crippen LogP contribution in [0.15, 0.2) is 30.6 Å². The SMILES string of the molecule is COc1cc(C)c(C)cc1C(=O)N1CCCN(C(=O)Cc2cc[nH]c2)CC1. The van der Waals surface area contributed by atoms with Crippen LogP contribution in [0.5, 0.6) is 5.75 Å². The van der Waals surface area contributed by atoms with Crippen molar-refractivity contribution in [3.05, 3.63) is 52.8 Å². The lowest BCUT2D eigenvalue weighted by Gasteiger charge is -2.23. The molecule has 6 heteroatoms. The molecule has 0 radical (unpaired) electrons. The van der Waals surface area contributed by atoms with Crippen molar-refractivity contribution in [1.82, 2.24) is 14.8 Å². The zero-order valence-corrected chi connectivity index (χ0v) is 16.2. The van der Waals surface area contributed by atoms with Gasteiger partial charge in [-0.3, -0.25) is 9.59 Å². The fourth-order valence-corrected chi connectivity index (χ4v) is 3.42. The predicted molar refractivity (Wildman–Crippen MR) is 104 cm³/mol. The predicted octanol–water partition coefficient (Wildman–Crippen LogP) is 2.56. The van der Waals surface area contributed by atoms with E-state index in [2.05, 4.69) is 4.98 Å². The summed E-state index contributed by atoms with van der Waals surface area (Å²) in [4.78, 5) is 32.3. The first-order chi connectivity index (χ1) is 13.0. The number of ether oxygens (including phenoxy) is 1. The molecule has 0 unspecified atom stereocenters. The van der Waals surface area contributed by atoms with Gasteiger partial charge in [-0.05, 0) is 55.2 Å². The van der Waals surface area contributed by atoms with Gasteiger partial charge >= 0.3 is 0 Å². The summed E-state index contributed by atoms with van der Waals surface area (Å²) < 4.78 is 5.43. The molecule has 0 spiro atoms. The van der Waals surface area contributed by atoms with Gasteiger partial charge in [0.2, 0.25) is 5.91 Å². The molecule has 1 aromatic heterocycles. The Morgan fingerprint density at radius 3 is 2.48 bits per heavy atom. The van der Waals surface area contributed by atoms with Crippen LogP contribution >= 0.6 is 0 Å². The van der Waals surface area contributed by atoms with Gasteiger partial charge in [0, 0.05) is 38.6 Å².